The predicted molar refractivity (Wildman–Crippen MR) is 89.1 cm³/mol. The zero-order valence-electron chi connectivity index (χ0n) is 12.0. The molecule has 0 spiro atoms. The Morgan fingerprint density at radius 3 is 2.50 bits per heavy atom. The number of nitrogens with zero attached hydrogens (tertiary/aromatic N) is 1. The highest BCUT2D eigenvalue weighted by Crippen LogP contribution is 2.20. The van der Waals surface area contributed by atoms with E-state index in [0.29, 0.717) is 0 Å². The molecule has 20 heavy (non-hydrogen) atoms. The van der Waals surface area contributed by atoms with Crippen molar-refractivity contribution in [3.63, 3.8) is 0 Å². The maximum atomic E-state index is 11.9. The molecule has 106 valence electrons. The molecule has 1 aromatic heterocycles. The van der Waals surface area contributed by atoms with E-state index in [2.05, 4.69) is 34.7 Å². The smallest absolute Gasteiger partial charge is 0.144 e. The van der Waals surface area contributed by atoms with Crippen molar-refractivity contribution in [3.8, 4) is 0 Å². The van der Waals surface area contributed by atoms with Crippen LogP contribution in [0.3, 0.4) is 0 Å². The van der Waals surface area contributed by atoms with E-state index >= 15 is 0 Å². The Morgan fingerprint density at radius 1 is 1.15 bits per heavy atom. The summed E-state index contributed by atoms with van der Waals surface area (Å²) in [5.74, 6) is 0. The third kappa shape index (κ3) is 4.47. The van der Waals surface area contributed by atoms with Crippen LogP contribution >= 0.6 is 11.3 Å². The normalized spacial score (nSPS) is 13.8. The van der Waals surface area contributed by atoms with Gasteiger partial charge in [-0.05, 0) is 38.5 Å². The highest BCUT2D eigenvalue weighted by atomic mass is 32.2. The van der Waals surface area contributed by atoms with Crippen molar-refractivity contribution in [3.05, 3.63) is 57.8 Å². The van der Waals surface area contributed by atoms with Crippen molar-refractivity contribution in [1.82, 2.24) is 0 Å². The van der Waals surface area contributed by atoms with Gasteiger partial charge in [0, 0.05) is 11.3 Å². The molecule has 0 fully saturated rings. The Hall–Kier alpha value is -1.10. The van der Waals surface area contributed by atoms with Crippen LogP contribution in [-0.2, 0) is 17.8 Å². The summed E-state index contributed by atoms with van der Waals surface area (Å²) in [7, 11) is 0. The Morgan fingerprint density at radius 2 is 1.85 bits per heavy atom. The van der Waals surface area contributed by atoms with E-state index in [1.165, 1.54) is 10.4 Å². The van der Waals surface area contributed by atoms with Crippen LogP contribution in [0.25, 0.3) is 0 Å². The van der Waals surface area contributed by atoms with Crippen LogP contribution in [0.4, 0.5) is 0 Å². The van der Waals surface area contributed by atoms with Crippen molar-refractivity contribution < 1.29 is 4.55 Å². The molecule has 2 rings (SSSR count). The van der Waals surface area contributed by atoms with Crippen LogP contribution in [0.15, 0.2) is 46.9 Å². The van der Waals surface area contributed by atoms with E-state index in [4.69, 9.17) is 0 Å². The summed E-state index contributed by atoms with van der Waals surface area (Å²) in [6, 6.07) is 14.5. The minimum absolute atomic E-state index is 0.305. The van der Waals surface area contributed by atoms with Gasteiger partial charge in [0.05, 0.1) is 11.1 Å². The fourth-order valence-corrected chi connectivity index (χ4v) is 3.13. The molecule has 0 saturated heterocycles. The molecule has 0 radical (unpaired) electrons. The number of rotatable bonds is 4. The molecule has 0 bridgehead atoms. The van der Waals surface area contributed by atoms with E-state index in [1.54, 1.807) is 17.6 Å². The maximum Gasteiger partial charge on any atom is 0.144 e. The van der Waals surface area contributed by atoms with Crippen LogP contribution in [0.1, 0.15) is 36.1 Å². The van der Waals surface area contributed by atoms with Gasteiger partial charge < -0.3 is 4.55 Å². The molecule has 1 unspecified atom stereocenters. The SMILES string of the molecule is CC(C)(C)[S+]([O-])N=Cc1ccc(Cc2ccccc2)s1. The summed E-state index contributed by atoms with van der Waals surface area (Å²) in [5.41, 5.74) is 1.30. The molecule has 0 N–H and O–H groups in total. The van der Waals surface area contributed by atoms with Crippen LogP contribution in [-0.4, -0.2) is 15.5 Å². The van der Waals surface area contributed by atoms with Gasteiger partial charge >= 0.3 is 0 Å². The van der Waals surface area contributed by atoms with Gasteiger partial charge in [-0.3, -0.25) is 0 Å². The zero-order chi connectivity index (χ0) is 14.6. The number of hydrogen-bond donors (Lipinski definition) is 0. The molecule has 4 heteroatoms. The van der Waals surface area contributed by atoms with E-state index < -0.39 is 11.4 Å². The fourth-order valence-electron chi connectivity index (χ4n) is 1.61. The molecule has 0 aliphatic rings. The third-order valence-corrected chi connectivity index (χ3v) is 5.07. The highest BCUT2D eigenvalue weighted by molar-refractivity contribution is 7.91. The number of benzene rings is 1. The lowest BCUT2D eigenvalue weighted by Crippen LogP contribution is -2.25. The number of hydrogen-bond acceptors (Lipinski definition) is 3. The standard InChI is InChI=1S/C16H19NOS2/c1-16(2,3)20(18)17-12-15-10-9-14(19-15)11-13-7-5-4-6-8-13/h4-10,12H,11H2,1-3H3. The van der Waals surface area contributed by atoms with Crippen molar-refractivity contribution in [2.45, 2.75) is 31.9 Å². The number of thiophene rings is 1. The van der Waals surface area contributed by atoms with Gasteiger partial charge in [0.25, 0.3) is 0 Å². The molecule has 1 heterocycles. The lowest BCUT2D eigenvalue weighted by Gasteiger charge is -2.17. The Kier molecular flexibility index (Phi) is 5.02. The minimum atomic E-state index is -1.19. The van der Waals surface area contributed by atoms with Gasteiger partial charge in [-0.2, -0.15) is 0 Å². The van der Waals surface area contributed by atoms with Crippen molar-refractivity contribution in [1.29, 1.82) is 0 Å². The summed E-state index contributed by atoms with van der Waals surface area (Å²) < 4.78 is 15.7. The first kappa shape index (κ1) is 15.3. The second-order valence-corrected chi connectivity index (χ2v) is 8.70. The quantitative estimate of drug-likeness (QED) is 0.615. The second kappa shape index (κ2) is 6.57. The monoisotopic (exact) mass is 305 g/mol. The largest absolute Gasteiger partial charge is 0.591 e. The van der Waals surface area contributed by atoms with Gasteiger partial charge in [-0.25, -0.2) is 0 Å². The van der Waals surface area contributed by atoms with Crippen LogP contribution in [0, 0.1) is 0 Å². The van der Waals surface area contributed by atoms with Crippen molar-refractivity contribution in [2.24, 2.45) is 4.40 Å². The van der Waals surface area contributed by atoms with Gasteiger partial charge in [0.1, 0.15) is 16.1 Å². The van der Waals surface area contributed by atoms with Crippen LogP contribution in [0.5, 0.6) is 0 Å². The highest BCUT2D eigenvalue weighted by Gasteiger charge is 2.25. The Balaban J connectivity index is 2.01. The van der Waals surface area contributed by atoms with Gasteiger partial charge in [0.2, 0.25) is 0 Å². The summed E-state index contributed by atoms with van der Waals surface area (Å²) in [5, 5.41) is 0. The molecule has 0 saturated carbocycles. The molecule has 2 nitrogen and oxygen atoms in total. The summed E-state index contributed by atoms with van der Waals surface area (Å²) >= 11 is 0.506. The first-order chi connectivity index (χ1) is 9.45. The average Bonchev–Trinajstić information content (AvgIpc) is 2.83. The molecule has 1 atom stereocenters. The van der Waals surface area contributed by atoms with Gasteiger partial charge in [0.15, 0.2) is 0 Å². The maximum absolute atomic E-state index is 11.9. The van der Waals surface area contributed by atoms with E-state index in [0.717, 1.165) is 11.3 Å². The summed E-state index contributed by atoms with van der Waals surface area (Å²) in [6.45, 7) is 5.78. The minimum Gasteiger partial charge on any atom is -0.591 e. The first-order valence-corrected chi connectivity index (χ1v) is 8.46. The van der Waals surface area contributed by atoms with Crippen LogP contribution in [0.2, 0.25) is 0 Å². The van der Waals surface area contributed by atoms with E-state index in [-0.39, 0.29) is 4.75 Å². The Labute approximate surface area is 127 Å². The van der Waals surface area contributed by atoms with E-state index in [9.17, 15) is 4.55 Å². The summed E-state index contributed by atoms with van der Waals surface area (Å²) in [4.78, 5) is 2.34. The topological polar surface area (TPSA) is 35.4 Å². The van der Waals surface area contributed by atoms with Gasteiger partial charge in [-0.15, -0.1) is 11.3 Å². The molecule has 0 aliphatic heterocycles. The molecule has 0 amide bonds. The summed E-state index contributed by atoms with van der Waals surface area (Å²) in [6.07, 6.45) is 2.65. The zero-order valence-corrected chi connectivity index (χ0v) is 13.6. The third-order valence-electron chi connectivity index (χ3n) is 2.70. The van der Waals surface area contributed by atoms with Gasteiger partial charge in [-0.1, -0.05) is 34.7 Å². The molecule has 2 aromatic rings. The molecule has 1 aromatic carbocycles. The van der Waals surface area contributed by atoms with Crippen molar-refractivity contribution >= 4 is 28.9 Å². The Bertz CT molecular complexity index is 570. The lowest BCUT2D eigenvalue weighted by atomic mass is 10.1. The molecule has 0 aliphatic carbocycles. The lowest BCUT2D eigenvalue weighted by molar-refractivity contribution is 0.562. The fraction of sp³-hybridized carbons (Fsp3) is 0.312. The molecular weight excluding hydrogens is 286 g/mol. The van der Waals surface area contributed by atoms with Crippen molar-refractivity contribution in [2.75, 3.05) is 0 Å². The van der Waals surface area contributed by atoms with Crippen LogP contribution < -0.4 is 0 Å². The van der Waals surface area contributed by atoms with E-state index in [1.807, 2.05) is 32.9 Å². The molecular formula is C16H19NOS2. The second-order valence-electron chi connectivity index (χ2n) is 5.56. The first-order valence-electron chi connectivity index (χ1n) is 6.54. The average molecular weight is 305 g/mol. The predicted octanol–water partition coefficient (Wildman–Crippen LogP) is 4.22.